The van der Waals surface area contributed by atoms with Gasteiger partial charge in [0, 0.05) is 5.56 Å². The van der Waals surface area contributed by atoms with Gasteiger partial charge in [0.2, 0.25) is 0 Å². The van der Waals surface area contributed by atoms with E-state index < -0.39 is 26.4 Å². The van der Waals surface area contributed by atoms with Crippen molar-refractivity contribution in [2.24, 2.45) is 0 Å². The molecule has 0 radical (unpaired) electrons. The molecular formula is C20H20FN3O3S. The van der Waals surface area contributed by atoms with Gasteiger partial charge in [0.05, 0.1) is 18.9 Å². The number of nitrogens with one attached hydrogen (secondary N) is 2. The summed E-state index contributed by atoms with van der Waals surface area (Å²) >= 11 is 0. The van der Waals surface area contributed by atoms with Crippen LogP contribution in [0.3, 0.4) is 0 Å². The fourth-order valence-corrected chi connectivity index (χ4v) is 4.17. The Morgan fingerprint density at radius 3 is 2.50 bits per heavy atom. The average molecular weight is 401 g/mol. The lowest BCUT2D eigenvalue weighted by Gasteiger charge is -2.36. The summed E-state index contributed by atoms with van der Waals surface area (Å²) in [6.07, 6.45) is 0. The predicted molar refractivity (Wildman–Crippen MR) is 105 cm³/mol. The Labute approximate surface area is 163 Å². The molecule has 1 aliphatic rings. The lowest BCUT2D eigenvalue weighted by molar-refractivity contribution is 0.415. The summed E-state index contributed by atoms with van der Waals surface area (Å²) in [6.45, 7) is 2.91. The second-order valence-electron chi connectivity index (χ2n) is 6.91. The molecule has 0 saturated carbocycles. The zero-order chi connectivity index (χ0) is 20.5. The Kier molecular flexibility index (Phi) is 5.13. The standard InChI is InChI=1S/C20H20FN3O3S/c1-20(2)19(22)24-17(12-28(20,25)26)18-16(21)11-8-14(23-18)7-4-13-5-9-15(27-3)10-6-13/h5-6,8-11,17H,12H2,1-3H3,(H2,22,24). The number of aromatic nitrogens is 1. The van der Waals surface area contributed by atoms with E-state index in [1.807, 2.05) is 0 Å². The minimum absolute atomic E-state index is 0.0645. The van der Waals surface area contributed by atoms with E-state index in [1.54, 1.807) is 31.4 Å². The molecule has 1 atom stereocenters. The third-order valence-electron chi connectivity index (χ3n) is 4.71. The van der Waals surface area contributed by atoms with Gasteiger partial charge in [-0.1, -0.05) is 5.92 Å². The molecule has 2 N–H and O–H groups in total. The zero-order valence-corrected chi connectivity index (χ0v) is 16.5. The summed E-state index contributed by atoms with van der Waals surface area (Å²) in [6, 6.07) is 8.83. The van der Waals surface area contributed by atoms with Crippen LogP contribution in [-0.4, -0.2) is 36.8 Å². The number of halogens is 1. The lowest BCUT2D eigenvalue weighted by Crippen LogP contribution is -2.56. The summed E-state index contributed by atoms with van der Waals surface area (Å²) in [5, 5.41) is 10.8. The molecule has 6 nitrogen and oxygen atoms in total. The fourth-order valence-electron chi connectivity index (χ4n) is 2.70. The van der Waals surface area contributed by atoms with Crippen LogP contribution in [0, 0.1) is 23.1 Å². The highest BCUT2D eigenvalue weighted by Crippen LogP contribution is 2.29. The van der Waals surface area contributed by atoms with Gasteiger partial charge in [-0.3, -0.25) is 5.41 Å². The summed E-state index contributed by atoms with van der Waals surface area (Å²) in [5.41, 5.74) is 0.975. The third kappa shape index (κ3) is 3.71. The molecule has 1 aromatic carbocycles. The molecule has 2 aromatic rings. The molecule has 0 aliphatic carbocycles. The van der Waals surface area contributed by atoms with Crippen LogP contribution in [0.1, 0.15) is 36.8 Å². The first-order valence-electron chi connectivity index (χ1n) is 8.54. The molecule has 0 bridgehead atoms. The van der Waals surface area contributed by atoms with Crippen molar-refractivity contribution >= 4 is 15.7 Å². The SMILES string of the molecule is COc1ccc(C#Cc2ccc(F)c(C3CS(=O)(=O)C(C)(C)C(=N)N3)n2)cc1. The Morgan fingerprint density at radius 2 is 1.89 bits per heavy atom. The maximum Gasteiger partial charge on any atom is 0.165 e. The Bertz CT molecular complexity index is 1080. The number of sulfone groups is 1. The second-order valence-corrected chi connectivity index (χ2v) is 9.49. The van der Waals surface area contributed by atoms with Crippen molar-refractivity contribution in [3.8, 4) is 17.6 Å². The predicted octanol–water partition coefficient (Wildman–Crippen LogP) is 2.44. The van der Waals surface area contributed by atoms with E-state index in [0.717, 1.165) is 5.56 Å². The van der Waals surface area contributed by atoms with Crippen molar-refractivity contribution in [3.63, 3.8) is 0 Å². The highest BCUT2D eigenvalue weighted by Gasteiger charge is 2.46. The van der Waals surface area contributed by atoms with Gasteiger partial charge in [-0.15, -0.1) is 0 Å². The fraction of sp³-hybridized carbons (Fsp3) is 0.300. The number of benzene rings is 1. The summed E-state index contributed by atoms with van der Waals surface area (Å²) in [4.78, 5) is 4.20. The summed E-state index contributed by atoms with van der Waals surface area (Å²) in [5.74, 6) is 5.32. The molecule has 0 spiro atoms. The molecule has 28 heavy (non-hydrogen) atoms. The Hall–Kier alpha value is -2.92. The van der Waals surface area contributed by atoms with Crippen molar-refractivity contribution in [1.29, 1.82) is 5.41 Å². The number of pyridine rings is 1. The monoisotopic (exact) mass is 401 g/mol. The first kappa shape index (κ1) is 19.8. The minimum Gasteiger partial charge on any atom is -0.497 e. The maximum atomic E-state index is 14.3. The molecule has 3 rings (SSSR count). The normalized spacial score (nSPS) is 19.9. The van der Waals surface area contributed by atoms with Gasteiger partial charge in [-0.2, -0.15) is 0 Å². The molecule has 1 aliphatic heterocycles. The molecule has 146 valence electrons. The van der Waals surface area contributed by atoms with Crippen LogP contribution >= 0.6 is 0 Å². The van der Waals surface area contributed by atoms with Crippen molar-refractivity contribution in [3.05, 3.63) is 59.2 Å². The van der Waals surface area contributed by atoms with Crippen molar-refractivity contribution in [2.75, 3.05) is 12.9 Å². The van der Waals surface area contributed by atoms with Gasteiger partial charge in [-0.05, 0) is 56.2 Å². The smallest absolute Gasteiger partial charge is 0.165 e. The molecule has 1 fully saturated rings. The van der Waals surface area contributed by atoms with Crippen LogP contribution in [0.15, 0.2) is 36.4 Å². The van der Waals surface area contributed by atoms with E-state index in [2.05, 4.69) is 22.1 Å². The molecular weight excluding hydrogens is 381 g/mol. The quantitative estimate of drug-likeness (QED) is 0.754. The van der Waals surface area contributed by atoms with Crippen LogP contribution in [0.2, 0.25) is 0 Å². The third-order valence-corrected chi connectivity index (χ3v) is 7.24. The van der Waals surface area contributed by atoms with E-state index in [-0.39, 0.29) is 17.3 Å². The van der Waals surface area contributed by atoms with Crippen LogP contribution in [-0.2, 0) is 9.84 Å². The summed E-state index contributed by atoms with van der Waals surface area (Å²) in [7, 11) is -2.07. The number of methoxy groups -OCH3 is 1. The topological polar surface area (TPSA) is 92.1 Å². The van der Waals surface area contributed by atoms with Gasteiger partial charge in [0.15, 0.2) is 9.84 Å². The van der Waals surface area contributed by atoms with Gasteiger partial charge in [0.25, 0.3) is 0 Å². The van der Waals surface area contributed by atoms with E-state index in [0.29, 0.717) is 11.4 Å². The van der Waals surface area contributed by atoms with E-state index in [1.165, 1.54) is 26.0 Å². The van der Waals surface area contributed by atoms with Gasteiger partial charge in [0.1, 0.15) is 33.5 Å². The van der Waals surface area contributed by atoms with Crippen LogP contribution < -0.4 is 10.1 Å². The van der Waals surface area contributed by atoms with Crippen molar-refractivity contribution < 1.29 is 17.5 Å². The molecule has 8 heteroatoms. The van der Waals surface area contributed by atoms with Gasteiger partial charge < -0.3 is 10.1 Å². The molecule has 0 amide bonds. The lowest BCUT2D eigenvalue weighted by atomic mass is 10.1. The highest BCUT2D eigenvalue weighted by atomic mass is 32.2. The second kappa shape index (κ2) is 7.24. The van der Waals surface area contributed by atoms with E-state index in [9.17, 15) is 12.8 Å². The number of nitrogens with zero attached hydrogens (tertiary/aromatic N) is 1. The molecule has 1 unspecified atom stereocenters. The molecule has 1 saturated heterocycles. The molecule has 2 heterocycles. The number of rotatable bonds is 2. The van der Waals surface area contributed by atoms with Crippen molar-refractivity contribution in [1.82, 2.24) is 10.3 Å². The Balaban J connectivity index is 1.90. The number of hydrogen-bond donors (Lipinski definition) is 2. The van der Waals surface area contributed by atoms with Crippen molar-refractivity contribution in [2.45, 2.75) is 24.6 Å². The summed E-state index contributed by atoms with van der Waals surface area (Å²) < 4.78 is 43.1. The molecule has 1 aromatic heterocycles. The number of amidine groups is 1. The van der Waals surface area contributed by atoms with Gasteiger partial charge >= 0.3 is 0 Å². The number of ether oxygens (including phenoxy) is 1. The van der Waals surface area contributed by atoms with E-state index >= 15 is 0 Å². The van der Waals surface area contributed by atoms with E-state index in [4.69, 9.17) is 10.1 Å². The number of hydrogen-bond acceptors (Lipinski definition) is 5. The van der Waals surface area contributed by atoms with Crippen LogP contribution in [0.25, 0.3) is 0 Å². The Morgan fingerprint density at radius 1 is 1.21 bits per heavy atom. The maximum absolute atomic E-state index is 14.3. The first-order chi connectivity index (χ1) is 13.1. The first-order valence-corrected chi connectivity index (χ1v) is 10.2. The average Bonchev–Trinajstić information content (AvgIpc) is 2.66. The largest absolute Gasteiger partial charge is 0.497 e. The van der Waals surface area contributed by atoms with Gasteiger partial charge in [-0.25, -0.2) is 17.8 Å². The zero-order valence-electron chi connectivity index (χ0n) is 15.7. The van der Waals surface area contributed by atoms with Crippen LogP contribution in [0.5, 0.6) is 5.75 Å². The minimum atomic E-state index is -3.64. The van der Waals surface area contributed by atoms with Crippen LogP contribution in [0.4, 0.5) is 4.39 Å². The highest BCUT2D eigenvalue weighted by molar-refractivity contribution is 7.93.